The smallest absolute Gasteiger partial charge is 0.131 e. The minimum Gasteiger partial charge on any atom is -0.310 e. The Bertz CT molecular complexity index is 3340. The van der Waals surface area contributed by atoms with Crippen molar-refractivity contribution >= 4 is 114 Å². The highest BCUT2D eigenvalue weighted by Crippen LogP contribution is 2.45. The van der Waals surface area contributed by atoms with Crippen LogP contribution in [0.15, 0.2) is 164 Å². The van der Waals surface area contributed by atoms with E-state index in [1.807, 2.05) is 11.3 Å². The molecule has 0 unspecified atom stereocenters. The molecule has 0 aliphatic carbocycles. The number of imidazole rings is 1. The van der Waals surface area contributed by atoms with Gasteiger partial charge in [-0.2, -0.15) is 0 Å². The van der Waals surface area contributed by atoms with E-state index in [0.717, 1.165) is 17.1 Å². The minimum absolute atomic E-state index is 1.13. The summed E-state index contributed by atoms with van der Waals surface area (Å²) in [4.78, 5) is 2.44. The molecule has 0 fully saturated rings. The molecular weight excluding hydrogens is 627 g/mol. The lowest BCUT2D eigenvalue weighted by Gasteiger charge is -2.26. The number of aromatic nitrogens is 2. The molecule has 0 bridgehead atoms. The Morgan fingerprint density at radius 2 is 0.920 bits per heavy atom. The summed E-state index contributed by atoms with van der Waals surface area (Å²) in [7, 11) is 0. The first-order valence-electron chi connectivity index (χ1n) is 17.1. The molecule has 0 saturated carbocycles. The third kappa shape index (κ3) is 3.43. The standard InChI is InChI=1S/C46H27N3S/c1-2-10-33-28(9-1)17-18-29-25-30(19-22-34(29)33)47(32-20-23-36-35-11-5-8-16-43(35)50-44(36)27-32)31-21-24-41-42(26-31)49-40-15-7-4-13-38(40)45-37-12-3-6-14-39(37)48(41)46(45)49/h1-27H. The maximum Gasteiger partial charge on any atom is 0.131 e. The molecule has 4 heterocycles. The first-order valence-corrected chi connectivity index (χ1v) is 17.9. The Morgan fingerprint density at radius 3 is 1.74 bits per heavy atom. The number of nitrogens with zero attached hydrogens (tertiary/aromatic N) is 3. The number of fused-ring (bicyclic) bond motifs is 15. The first-order chi connectivity index (χ1) is 24.8. The summed E-state index contributed by atoms with van der Waals surface area (Å²) in [6.07, 6.45) is 0. The Labute approximate surface area is 290 Å². The summed E-state index contributed by atoms with van der Waals surface area (Å²) in [5, 5.41) is 11.6. The van der Waals surface area contributed by atoms with Crippen LogP contribution in [-0.4, -0.2) is 8.80 Å². The maximum absolute atomic E-state index is 2.48. The van der Waals surface area contributed by atoms with Gasteiger partial charge in [-0.1, -0.05) is 103 Å². The monoisotopic (exact) mass is 653 g/mol. The molecule has 0 aliphatic rings. The molecule has 0 spiro atoms. The molecule has 12 aromatic rings. The van der Waals surface area contributed by atoms with Gasteiger partial charge in [0.1, 0.15) is 5.65 Å². The summed E-state index contributed by atoms with van der Waals surface area (Å²) >= 11 is 1.87. The van der Waals surface area contributed by atoms with Crippen molar-refractivity contribution in [1.29, 1.82) is 0 Å². The molecule has 0 aliphatic heterocycles. The summed E-state index contributed by atoms with van der Waals surface area (Å²) < 4.78 is 7.54. The summed E-state index contributed by atoms with van der Waals surface area (Å²) in [5.41, 5.74) is 9.56. The molecule has 50 heavy (non-hydrogen) atoms. The van der Waals surface area contributed by atoms with E-state index in [4.69, 9.17) is 0 Å². The lowest BCUT2D eigenvalue weighted by Crippen LogP contribution is -2.10. The van der Waals surface area contributed by atoms with Gasteiger partial charge in [-0.3, -0.25) is 8.80 Å². The molecule has 0 atom stereocenters. The van der Waals surface area contributed by atoms with Gasteiger partial charge < -0.3 is 4.90 Å². The Balaban J connectivity index is 1.15. The summed E-state index contributed by atoms with van der Waals surface area (Å²) in [5.74, 6) is 0. The Hall–Kier alpha value is -6.36. The molecule has 232 valence electrons. The van der Waals surface area contributed by atoms with Gasteiger partial charge in [0.2, 0.25) is 0 Å². The van der Waals surface area contributed by atoms with Crippen LogP contribution >= 0.6 is 11.3 Å². The second-order valence-corrected chi connectivity index (χ2v) is 14.5. The average Bonchev–Trinajstić information content (AvgIpc) is 3.90. The van der Waals surface area contributed by atoms with Crippen molar-refractivity contribution in [1.82, 2.24) is 8.80 Å². The van der Waals surface area contributed by atoms with Crippen LogP contribution in [0.5, 0.6) is 0 Å². The zero-order valence-electron chi connectivity index (χ0n) is 26.8. The molecule has 0 N–H and O–H groups in total. The van der Waals surface area contributed by atoms with Crippen LogP contribution in [0.25, 0.3) is 85.6 Å². The predicted octanol–water partition coefficient (Wildman–Crippen LogP) is 13.2. The quantitative estimate of drug-likeness (QED) is 0.173. The van der Waals surface area contributed by atoms with Crippen LogP contribution in [-0.2, 0) is 0 Å². The maximum atomic E-state index is 2.48. The number of rotatable bonds is 3. The molecule has 0 radical (unpaired) electrons. The van der Waals surface area contributed by atoms with Gasteiger partial charge in [0.25, 0.3) is 0 Å². The molecule has 0 saturated heterocycles. The van der Waals surface area contributed by atoms with Crippen molar-refractivity contribution in [3.05, 3.63) is 164 Å². The highest BCUT2D eigenvalue weighted by molar-refractivity contribution is 7.25. The number of anilines is 3. The fourth-order valence-electron chi connectivity index (χ4n) is 8.65. The van der Waals surface area contributed by atoms with Crippen LogP contribution in [0, 0.1) is 0 Å². The van der Waals surface area contributed by atoms with Crippen molar-refractivity contribution in [2.24, 2.45) is 0 Å². The predicted molar refractivity (Wildman–Crippen MR) is 215 cm³/mol. The zero-order chi connectivity index (χ0) is 32.5. The van der Waals surface area contributed by atoms with Crippen LogP contribution in [0.4, 0.5) is 17.1 Å². The van der Waals surface area contributed by atoms with Gasteiger partial charge in [0, 0.05) is 53.4 Å². The van der Waals surface area contributed by atoms with Crippen LogP contribution in [0.1, 0.15) is 0 Å². The van der Waals surface area contributed by atoms with Crippen molar-refractivity contribution in [2.75, 3.05) is 4.90 Å². The number of hydrogen-bond donors (Lipinski definition) is 0. The first kappa shape index (κ1) is 26.6. The Kier molecular flexibility index (Phi) is 5.12. The van der Waals surface area contributed by atoms with Crippen molar-refractivity contribution in [3.63, 3.8) is 0 Å². The van der Waals surface area contributed by atoms with E-state index in [0.29, 0.717) is 0 Å². The van der Waals surface area contributed by atoms with E-state index in [1.54, 1.807) is 0 Å². The summed E-state index contributed by atoms with van der Waals surface area (Å²) in [6.45, 7) is 0. The van der Waals surface area contributed by atoms with E-state index in [1.165, 1.54) is 85.6 Å². The van der Waals surface area contributed by atoms with E-state index in [2.05, 4.69) is 177 Å². The molecule has 4 heteroatoms. The molecule has 12 rings (SSSR count). The zero-order valence-corrected chi connectivity index (χ0v) is 27.7. The lowest BCUT2D eigenvalue weighted by atomic mass is 10.0. The number of para-hydroxylation sites is 2. The van der Waals surface area contributed by atoms with Crippen molar-refractivity contribution < 1.29 is 0 Å². The van der Waals surface area contributed by atoms with E-state index in [9.17, 15) is 0 Å². The lowest BCUT2D eigenvalue weighted by molar-refractivity contribution is 1.28. The van der Waals surface area contributed by atoms with Gasteiger partial charge in [0.05, 0.1) is 22.1 Å². The number of benzene rings is 8. The molecule has 3 nitrogen and oxygen atoms in total. The molecule has 8 aromatic carbocycles. The fourth-order valence-corrected chi connectivity index (χ4v) is 9.78. The third-order valence-electron chi connectivity index (χ3n) is 10.8. The van der Waals surface area contributed by atoms with Gasteiger partial charge in [-0.05, 0) is 82.2 Å². The topological polar surface area (TPSA) is 12.1 Å². The van der Waals surface area contributed by atoms with Gasteiger partial charge >= 0.3 is 0 Å². The molecule has 4 aromatic heterocycles. The van der Waals surface area contributed by atoms with Crippen molar-refractivity contribution in [3.8, 4) is 0 Å². The van der Waals surface area contributed by atoms with E-state index in [-0.39, 0.29) is 0 Å². The van der Waals surface area contributed by atoms with Crippen LogP contribution in [0.2, 0.25) is 0 Å². The summed E-state index contributed by atoms with van der Waals surface area (Å²) in [6, 6.07) is 60.5. The van der Waals surface area contributed by atoms with E-state index < -0.39 is 0 Å². The van der Waals surface area contributed by atoms with E-state index >= 15 is 0 Å². The fraction of sp³-hybridized carbons (Fsp3) is 0. The van der Waals surface area contributed by atoms with Gasteiger partial charge in [0.15, 0.2) is 0 Å². The highest BCUT2D eigenvalue weighted by atomic mass is 32.1. The second kappa shape index (κ2) is 9.63. The highest BCUT2D eigenvalue weighted by Gasteiger charge is 2.24. The van der Waals surface area contributed by atoms with Crippen LogP contribution < -0.4 is 4.90 Å². The normalized spacial score (nSPS) is 12.4. The minimum atomic E-state index is 1.13. The largest absolute Gasteiger partial charge is 0.310 e. The third-order valence-corrected chi connectivity index (χ3v) is 11.9. The molecule has 0 amide bonds. The second-order valence-electron chi connectivity index (χ2n) is 13.4. The number of thiophene rings is 1. The van der Waals surface area contributed by atoms with Crippen LogP contribution in [0.3, 0.4) is 0 Å². The van der Waals surface area contributed by atoms with Gasteiger partial charge in [-0.25, -0.2) is 0 Å². The van der Waals surface area contributed by atoms with Crippen molar-refractivity contribution in [2.45, 2.75) is 0 Å². The Morgan fingerprint density at radius 1 is 0.360 bits per heavy atom. The SMILES string of the molecule is c1ccc2c(c1)ccc1cc(N(c3ccc4c(c3)sc3ccccc34)c3ccc4c(c3)n3c5ccccc5c5c6ccccc6n4c53)ccc12. The average molecular weight is 654 g/mol. The molecular formula is C46H27N3S. The van der Waals surface area contributed by atoms with Gasteiger partial charge in [-0.15, -0.1) is 11.3 Å². The number of hydrogen-bond acceptors (Lipinski definition) is 2.